The van der Waals surface area contributed by atoms with Gasteiger partial charge in [-0.25, -0.2) is 4.98 Å². The summed E-state index contributed by atoms with van der Waals surface area (Å²) in [5.41, 5.74) is -0.339. The van der Waals surface area contributed by atoms with Gasteiger partial charge in [0, 0.05) is 44.4 Å². The van der Waals surface area contributed by atoms with Crippen molar-refractivity contribution in [1.29, 1.82) is 0 Å². The highest BCUT2D eigenvalue weighted by molar-refractivity contribution is 5.86. The number of hydrogen-bond donors (Lipinski definition) is 3. The zero-order valence-corrected chi connectivity index (χ0v) is 21.6. The summed E-state index contributed by atoms with van der Waals surface area (Å²) in [4.78, 5) is 47.7. The van der Waals surface area contributed by atoms with E-state index < -0.39 is 5.60 Å². The summed E-state index contributed by atoms with van der Waals surface area (Å²) in [6.07, 6.45) is 5.15. The fourth-order valence-electron chi connectivity index (χ4n) is 6.03. The number of likely N-dealkylation sites (tertiary alicyclic amines) is 1. The highest BCUT2D eigenvalue weighted by Gasteiger charge is 2.48. The summed E-state index contributed by atoms with van der Waals surface area (Å²) >= 11 is 0. The highest BCUT2D eigenvalue weighted by atomic mass is 16.3. The SMILES string of the molecule is O=C(N1CCC(Cn2cnc3c(ccn3-c3cccc(=O)[nH]3)c2=O)CC1)[C@@]1(O)CCNC[C@H]1c1ccccc1. The number of fused-ring (bicyclic) bond motifs is 1. The first-order valence-electron chi connectivity index (χ1n) is 13.5. The first-order valence-corrected chi connectivity index (χ1v) is 13.5. The summed E-state index contributed by atoms with van der Waals surface area (Å²) in [6.45, 7) is 2.76. The molecule has 10 nitrogen and oxygen atoms in total. The minimum absolute atomic E-state index is 0.134. The van der Waals surface area contributed by atoms with Crippen LogP contribution in [0.4, 0.5) is 0 Å². The van der Waals surface area contributed by atoms with Crippen LogP contribution in [0.5, 0.6) is 0 Å². The van der Waals surface area contributed by atoms with E-state index in [2.05, 4.69) is 15.3 Å². The molecule has 0 spiro atoms. The molecule has 2 aliphatic rings. The fraction of sp³-hybridized carbons (Fsp3) is 0.379. The van der Waals surface area contributed by atoms with E-state index in [-0.39, 0.29) is 28.9 Å². The Balaban J connectivity index is 1.14. The number of piperidine rings is 2. The van der Waals surface area contributed by atoms with E-state index in [0.29, 0.717) is 56.0 Å². The Kier molecular flexibility index (Phi) is 6.66. The van der Waals surface area contributed by atoms with E-state index in [1.54, 1.807) is 44.8 Å². The van der Waals surface area contributed by atoms with Crippen LogP contribution in [0.2, 0.25) is 0 Å². The van der Waals surface area contributed by atoms with Crippen LogP contribution in [-0.2, 0) is 11.3 Å². The van der Waals surface area contributed by atoms with E-state index in [9.17, 15) is 19.5 Å². The lowest BCUT2D eigenvalue weighted by atomic mass is 9.76. The van der Waals surface area contributed by atoms with Crippen LogP contribution in [0.25, 0.3) is 16.9 Å². The number of nitrogens with zero attached hydrogens (tertiary/aromatic N) is 4. The molecule has 0 radical (unpaired) electrons. The van der Waals surface area contributed by atoms with Gasteiger partial charge < -0.3 is 20.3 Å². The molecule has 6 rings (SSSR count). The summed E-state index contributed by atoms with van der Waals surface area (Å²) in [5.74, 6) is 0.266. The summed E-state index contributed by atoms with van der Waals surface area (Å²) in [6, 6.07) is 16.3. The molecule has 0 saturated carbocycles. The van der Waals surface area contributed by atoms with Gasteiger partial charge in [0.15, 0.2) is 11.2 Å². The molecular weight excluding hydrogens is 496 g/mol. The summed E-state index contributed by atoms with van der Waals surface area (Å²) < 4.78 is 3.33. The Bertz CT molecular complexity index is 1600. The van der Waals surface area contributed by atoms with Crippen LogP contribution in [-0.4, -0.2) is 66.8 Å². The molecular formula is C29H32N6O4. The molecule has 2 fully saturated rings. The third-order valence-electron chi connectivity index (χ3n) is 8.22. The topological polar surface area (TPSA) is 125 Å². The van der Waals surface area contributed by atoms with Gasteiger partial charge in [0.2, 0.25) is 5.56 Å². The largest absolute Gasteiger partial charge is 0.379 e. The predicted octanol–water partition coefficient (Wildman–Crippen LogP) is 1.62. The number of aliphatic hydroxyl groups is 1. The molecule has 4 aromatic rings. The van der Waals surface area contributed by atoms with Crippen molar-refractivity contribution in [2.24, 2.45) is 5.92 Å². The van der Waals surface area contributed by atoms with E-state index in [0.717, 1.165) is 18.4 Å². The molecule has 1 amide bonds. The van der Waals surface area contributed by atoms with Gasteiger partial charge in [0.1, 0.15) is 5.82 Å². The number of carbonyl (C=O) groups is 1. The maximum absolute atomic E-state index is 13.6. The molecule has 0 aliphatic carbocycles. The van der Waals surface area contributed by atoms with E-state index in [1.165, 1.54) is 6.07 Å². The van der Waals surface area contributed by atoms with Crippen molar-refractivity contribution in [3.8, 4) is 5.82 Å². The Morgan fingerprint density at radius 1 is 1.05 bits per heavy atom. The van der Waals surface area contributed by atoms with Crippen molar-refractivity contribution in [2.75, 3.05) is 26.2 Å². The third-order valence-corrected chi connectivity index (χ3v) is 8.22. The van der Waals surface area contributed by atoms with Gasteiger partial charge in [0.25, 0.3) is 11.5 Å². The predicted molar refractivity (Wildman–Crippen MR) is 147 cm³/mol. The molecule has 202 valence electrons. The number of aromatic amines is 1. The van der Waals surface area contributed by atoms with Crippen LogP contribution in [0.1, 0.15) is 30.7 Å². The van der Waals surface area contributed by atoms with Gasteiger partial charge in [0.05, 0.1) is 11.7 Å². The number of rotatable bonds is 5. The average molecular weight is 529 g/mol. The second-order valence-electron chi connectivity index (χ2n) is 10.6. The molecule has 0 unspecified atom stereocenters. The second kappa shape index (κ2) is 10.3. The standard InChI is InChI=1S/C29H32N6O4/c36-25-8-4-7-24(32-25)35-16-11-22-26(35)31-19-34(27(22)37)18-20-9-14-33(15-10-20)28(38)29(39)12-13-30-17-23(29)21-5-2-1-3-6-21/h1-8,11,16,19-20,23,30,39H,9-10,12-15,17-18H2,(H,32,36)/t23-,29+/m0/s1. The Labute approximate surface area is 224 Å². The van der Waals surface area contributed by atoms with E-state index in [4.69, 9.17) is 0 Å². The first-order chi connectivity index (χ1) is 18.9. The number of H-pyrrole nitrogens is 1. The van der Waals surface area contributed by atoms with Crippen molar-refractivity contribution in [1.82, 2.24) is 29.3 Å². The zero-order chi connectivity index (χ0) is 27.0. The molecule has 10 heteroatoms. The molecule has 2 aliphatic heterocycles. The fourth-order valence-corrected chi connectivity index (χ4v) is 6.03. The Morgan fingerprint density at radius 2 is 1.85 bits per heavy atom. The minimum atomic E-state index is -1.43. The molecule has 0 bridgehead atoms. The quantitative estimate of drug-likeness (QED) is 0.362. The molecule has 39 heavy (non-hydrogen) atoms. The maximum Gasteiger partial charge on any atom is 0.262 e. The van der Waals surface area contributed by atoms with E-state index >= 15 is 0 Å². The second-order valence-corrected chi connectivity index (χ2v) is 10.6. The van der Waals surface area contributed by atoms with Crippen LogP contribution >= 0.6 is 0 Å². The summed E-state index contributed by atoms with van der Waals surface area (Å²) in [7, 11) is 0. The Hall–Kier alpha value is -4.02. The van der Waals surface area contributed by atoms with Crippen LogP contribution in [0, 0.1) is 5.92 Å². The smallest absolute Gasteiger partial charge is 0.262 e. The summed E-state index contributed by atoms with van der Waals surface area (Å²) in [5, 5.41) is 15.4. The van der Waals surface area contributed by atoms with Crippen molar-refractivity contribution in [2.45, 2.75) is 37.3 Å². The molecule has 5 heterocycles. The molecule has 1 aromatic carbocycles. The highest BCUT2D eigenvalue weighted by Crippen LogP contribution is 2.36. The van der Waals surface area contributed by atoms with Crippen LogP contribution in [0.15, 0.2) is 76.7 Å². The Morgan fingerprint density at radius 3 is 2.62 bits per heavy atom. The number of aromatic nitrogens is 4. The van der Waals surface area contributed by atoms with Crippen molar-refractivity contribution < 1.29 is 9.90 Å². The number of carbonyl (C=O) groups excluding carboxylic acids is 1. The van der Waals surface area contributed by atoms with Gasteiger partial charge in [-0.2, -0.15) is 0 Å². The molecule has 2 saturated heterocycles. The van der Waals surface area contributed by atoms with Gasteiger partial charge in [-0.15, -0.1) is 0 Å². The van der Waals surface area contributed by atoms with Gasteiger partial charge in [-0.1, -0.05) is 36.4 Å². The first kappa shape index (κ1) is 25.3. The normalized spacial score (nSPS) is 22.3. The third kappa shape index (κ3) is 4.70. The van der Waals surface area contributed by atoms with Gasteiger partial charge in [-0.05, 0) is 49.4 Å². The number of nitrogens with one attached hydrogen (secondary N) is 2. The minimum Gasteiger partial charge on any atom is -0.379 e. The van der Waals surface area contributed by atoms with Crippen molar-refractivity contribution in [3.05, 3.63) is 93.4 Å². The monoisotopic (exact) mass is 528 g/mol. The average Bonchev–Trinajstić information content (AvgIpc) is 3.40. The zero-order valence-electron chi connectivity index (χ0n) is 21.6. The van der Waals surface area contributed by atoms with Crippen LogP contribution < -0.4 is 16.4 Å². The molecule has 3 N–H and O–H groups in total. The lowest BCUT2D eigenvalue weighted by Crippen LogP contribution is -2.59. The van der Waals surface area contributed by atoms with Crippen molar-refractivity contribution >= 4 is 16.9 Å². The lowest BCUT2D eigenvalue weighted by molar-refractivity contribution is -0.158. The van der Waals surface area contributed by atoms with Gasteiger partial charge in [-0.3, -0.25) is 23.5 Å². The molecule has 2 atom stereocenters. The number of benzene rings is 1. The molecule has 3 aromatic heterocycles. The number of amides is 1. The lowest BCUT2D eigenvalue weighted by Gasteiger charge is -2.43. The van der Waals surface area contributed by atoms with Crippen molar-refractivity contribution in [3.63, 3.8) is 0 Å². The maximum atomic E-state index is 13.6. The number of pyridine rings is 1. The number of hydrogen-bond acceptors (Lipinski definition) is 6. The van der Waals surface area contributed by atoms with Crippen LogP contribution in [0.3, 0.4) is 0 Å². The van der Waals surface area contributed by atoms with E-state index in [1.807, 2.05) is 30.3 Å². The van der Waals surface area contributed by atoms with Gasteiger partial charge >= 0.3 is 0 Å².